The molecule has 135 heavy (non-hydrogen) atoms. The van der Waals surface area contributed by atoms with E-state index in [0.29, 0.717) is 158 Å². The Labute approximate surface area is 814 Å². The molecule has 0 spiro atoms. The summed E-state index contributed by atoms with van der Waals surface area (Å²) >= 11 is 38.2. The van der Waals surface area contributed by atoms with E-state index in [9.17, 15) is 39.6 Å². The number of pyridine rings is 3. The number of carbonyl (C=O) groups excluding carboxylic acids is 3. The lowest BCUT2D eigenvalue weighted by atomic mass is 10.1. The number of ether oxygens (including phenoxy) is 4. The maximum atomic E-state index is 14.2. The van der Waals surface area contributed by atoms with Crippen molar-refractivity contribution >= 4 is 150 Å². The summed E-state index contributed by atoms with van der Waals surface area (Å²) in [5, 5.41) is 6.02. The third-order valence-electron chi connectivity index (χ3n) is 22.4. The summed E-state index contributed by atoms with van der Waals surface area (Å²) in [4.78, 5) is 54.6. The molecule has 0 atom stereocenters. The number of halogens is 6. The summed E-state index contributed by atoms with van der Waals surface area (Å²) in [7, 11) is -12.5. The van der Waals surface area contributed by atoms with Crippen LogP contribution in [0.4, 0.5) is 0 Å². The summed E-state index contributed by atoms with van der Waals surface area (Å²) in [6.07, 6.45) is 13.2. The van der Waals surface area contributed by atoms with E-state index >= 15 is 0 Å². The van der Waals surface area contributed by atoms with E-state index in [-0.39, 0.29) is 44.9 Å². The molecule has 0 aliphatic rings. The molecule has 0 unspecified atom stereocenters. The van der Waals surface area contributed by atoms with Crippen LogP contribution in [0, 0.1) is 48.5 Å². The summed E-state index contributed by atoms with van der Waals surface area (Å²) in [6, 6.07) is 68.6. The highest BCUT2D eigenvalue weighted by Crippen LogP contribution is 2.38. The number of sulfonamides is 3. The predicted molar refractivity (Wildman–Crippen MR) is 534 cm³/mol. The van der Waals surface area contributed by atoms with Crippen molar-refractivity contribution in [2.45, 2.75) is 128 Å². The number of aromatic nitrogens is 6. The molecule has 0 bridgehead atoms. The van der Waals surface area contributed by atoms with Crippen molar-refractivity contribution in [3.63, 3.8) is 0 Å². The second-order valence-electron chi connectivity index (χ2n) is 32.5. The number of hydrogen-bond acceptors (Lipinski definition) is 16. The summed E-state index contributed by atoms with van der Waals surface area (Å²) in [6.45, 7) is 15.7. The molecular formula is C104H95Cl6N9O13S3. The highest BCUT2D eigenvalue weighted by atomic mass is 35.5. The molecule has 0 aliphatic heterocycles. The molecule has 3 N–H and O–H groups in total. The zero-order chi connectivity index (χ0) is 95.8. The number of benzene rings is 10. The van der Waals surface area contributed by atoms with E-state index in [1.54, 1.807) is 137 Å². The van der Waals surface area contributed by atoms with Crippen LogP contribution < -0.4 is 33.1 Å². The smallest absolute Gasteiger partial charge is 0.281 e. The van der Waals surface area contributed by atoms with E-state index in [2.05, 4.69) is 29.1 Å². The molecule has 16 aromatic rings. The minimum Gasteiger partial charge on any atom is -0.494 e. The molecule has 0 radical (unpaired) electrons. The Morgan fingerprint density at radius 3 is 0.956 bits per heavy atom. The largest absolute Gasteiger partial charge is 0.494 e. The molecule has 0 saturated heterocycles. The van der Waals surface area contributed by atoms with Gasteiger partial charge in [-0.1, -0.05) is 167 Å². The number of fused-ring (bicyclic) bond motifs is 3. The first kappa shape index (κ1) is 98.5. The van der Waals surface area contributed by atoms with Gasteiger partial charge in [0.2, 0.25) is 0 Å². The van der Waals surface area contributed by atoms with Crippen molar-refractivity contribution in [2.75, 3.05) is 19.8 Å². The Morgan fingerprint density at radius 1 is 0.319 bits per heavy atom. The summed E-state index contributed by atoms with van der Waals surface area (Å²) < 4.78 is 116. The van der Waals surface area contributed by atoms with Crippen molar-refractivity contribution in [3.8, 4) is 23.0 Å². The van der Waals surface area contributed by atoms with Crippen molar-refractivity contribution in [1.82, 2.24) is 42.8 Å². The van der Waals surface area contributed by atoms with Gasteiger partial charge >= 0.3 is 0 Å². The van der Waals surface area contributed by atoms with Crippen molar-refractivity contribution in [2.24, 2.45) is 0 Å². The molecule has 3 amide bonds. The lowest BCUT2D eigenvalue weighted by Gasteiger charge is -2.14. The fourth-order valence-electron chi connectivity index (χ4n) is 16.0. The topological polar surface area (TPSA) is 280 Å². The van der Waals surface area contributed by atoms with Gasteiger partial charge in [-0.05, 0) is 304 Å². The van der Waals surface area contributed by atoms with Crippen LogP contribution in [0.3, 0.4) is 0 Å². The van der Waals surface area contributed by atoms with Crippen molar-refractivity contribution < 1.29 is 58.6 Å². The first-order chi connectivity index (χ1) is 64.8. The van der Waals surface area contributed by atoms with Gasteiger partial charge in [0, 0.05) is 103 Å². The van der Waals surface area contributed by atoms with Gasteiger partial charge in [-0.2, -0.15) is 0 Å². The van der Waals surface area contributed by atoms with Crippen LogP contribution in [0.5, 0.6) is 23.0 Å². The Morgan fingerprint density at radius 2 is 0.630 bits per heavy atom. The molecule has 6 heterocycles. The number of aryl methyl sites for hydroxylation is 10. The van der Waals surface area contributed by atoms with E-state index in [0.717, 1.165) is 77.4 Å². The van der Waals surface area contributed by atoms with E-state index in [4.69, 9.17) is 88.6 Å². The minimum atomic E-state index is -4.26. The van der Waals surface area contributed by atoms with Crippen LogP contribution in [0.1, 0.15) is 129 Å². The zero-order valence-electron chi connectivity index (χ0n) is 74.7. The van der Waals surface area contributed by atoms with Crippen LogP contribution in [0.2, 0.25) is 30.1 Å². The lowest BCUT2D eigenvalue weighted by Crippen LogP contribution is -2.33. The second kappa shape index (κ2) is 44.3. The Kier molecular flexibility index (Phi) is 32.3. The predicted octanol–water partition coefficient (Wildman–Crippen LogP) is 23.3. The lowest BCUT2D eigenvalue weighted by molar-refractivity contribution is 0.0963. The van der Waals surface area contributed by atoms with Gasteiger partial charge in [0.15, 0.2) is 0 Å². The summed E-state index contributed by atoms with van der Waals surface area (Å²) in [5.74, 6) is 0.425. The fourth-order valence-corrected chi connectivity index (χ4v) is 19.9. The number of carbonyl (C=O) groups is 3. The maximum absolute atomic E-state index is 14.2. The quantitative estimate of drug-likeness (QED) is 0.0322. The Balaban J connectivity index is 0.000000163. The van der Waals surface area contributed by atoms with Crippen molar-refractivity contribution in [1.29, 1.82) is 0 Å². The van der Waals surface area contributed by atoms with Crippen LogP contribution in [-0.4, -0.2) is 91.4 Å². The van der Waals surface area contributed by atoms with Gasteiger partial charge in [-0.15, -0.1) is 0 Å². The molecule has 0 saturated carbocycles. The normalized spacial score (nSPS) is 11.5. The molecular weight excluding hydrogens is 1890 g/mol. The van der Waals surface area contributed by atoms with Crippen molar-refractivity contribution in [3.05, 3.63) is 399 Å². The maximum Gasteiger partial charge on any atom is 0.281 e. The number of amides is 3. The van der Waals surface area contributed by atoms with E-state index < -0.39 is 47.8 Å². The fraction of sp³-hybridized carbons (Fsp3) is 0.192. The van der Waals surface area contributed by atoms with E-state index in [1.807, 2.05) is 163 Å². The zero-order valence-corrected chi connectivity index (χ0v) is 81.6. The molecule has 31 heteroatoms. The SMILES string of the molecule is Cc1cc(OCCCc2c(C(=O)NS(=O)(=O)c3ccc(OCc4ccccc4)cc3)n(Cc3cccnc3)c3cc(Cl)ccc23)cc(C)c1Cl.Cc1cc(OCCCc2c(C(=O)NS(=O)(=O)c3ccccc3)n(Cc3cccnc3)c3cc(Cl)ccc23)cc(C)c1Cl.Cc1cccc(S(=O)(=O)NC(=O)c2c(CCCOc3cc(C)c(Cl)c(C)c3)c3ccc(Cl)cc3n2Cc2cccnc2)c1. The van der Waals surface area contributed by atoms with Crippen LogP contribution in [-0.2, 0) is 75.6 Å². The molecule has 0 fully saturated rings. The van der Waals surface area contributed by atoms with Crippen LogP contribution in [0.25, 0.3) is 32.7 Å². The number of nitrogens with zero attached hydrogens (tertiary/aromatic N) is 6. The molecule has 22 nitrogen and oxygen atoms in total. The van der Waals surface area contributed by atoms with Crippen LogP contribution in [0.15, 0.2) is 288 Å². The minimum absolute atomic E-state index is 0.000170. The molecule has 694 valence electrons. The number of hydrogen-bond donors (Lipinski definition) is 3. The summed E-state index contributed by atoms with van der Waals surface area (Å²) in [5.41, 5.74) is 14.8. The standard InChI is InChI=1S/C39H35Cl2N3O5S.C33H31Cl2N3O4S.C32H29Cl2N3O4S/c1-26-20-32(21-27(2)37(26)41)48-19-7-11-35-34-17-12-30(40)22-36(34)44(24-29-10-6-18-42-23-29)38(35)39(45)43-50(46,47)33-15-13-31(14-16-33)49-25-28-8-4-3-5-9-28;1-21-7-4-9-27(15-21)43(40,41)37-33(39)32-29(10-6-14-42-26-16-22(2)31(35)23(3)17-26)28-12-11-25(34)18-30(28)38(32)20-24-8-5-13-36-19-24;1-21-16-25(17-22(2)30(21)34)41-15-7-11-28-27-13-12-24(33)18-29(27)37(20-23-8-6-14-35-19-23)31(28)32(38)36-42(39,40)26-9-4-3-5-10-26/h3-6,8-10,12-18,20-23H,7,11,19,24-25H2,1-2H3,(H,43,45);4-5,7-9,11-13,15-19H,6,10,14,20H2,1-3H3,(H,37,39);3-6,8-10,12-14,16-19H,7,11,15,20H2,1-2H3,(H,36,38). The Bertz CT molecular complexity index is 7340. The first-order valence-electron chi connectivity index (χ1n) is 43.1. The van der Waals surface area contributed by atoms with Crippen LogP contribution >= 0.6 is 69.6 Å². The van der Waals surface area contributed by atoms with Gasteiger partial charge in [-0.3, -0.25) is 29.3 Å². The van der Waals surface area contributed by atoms with Gasteiger partial charge in [0.1, 0.15) is 46.7 Å². The van der Waals surface area contributed by atoms with Gasteiger partial charge in [-0.25, -0.2) is 39.4 Å². The molecule has 6 aromatic heterocycles. The average molecular weight is 1990 g/mol. The molecule has 16 rings (SSSR count). The van der Waals surface area contributed by atoms with E-state index in [1.165, 1.54) is 36.4 Å². The number of nitrogens with one attached hydrogen (secondary N) is 3. The second-order valence-corrected chi connectivity index (χ2v) is 39.9. The highest BCUT2D eigenvalue weighted by Gasteiger charge is 2.32. The first-order valence-corrected chi connectivity index (χ1v) is 49.8. The monoisotopic (exact) mass is 1980 g/mol. The van der Waals surface area contributed by atoms with Gasteiger partial charge in [0.25, 0.3) is 47.8 Å². The van der Waals surface area contributed by atoms with Gasteiger partial charge < -0.3 is 32.6 Å². The molecule has 0 aliphatic carbocycles. The third kappa shape index (κ3) is 24.6. The average Bonchev–Trinajstić information content (AvgIpc) is 1.61. The highest BCUT2D eigenvalue weighted by molar-refractivity contribution is 7.90. The number of rotatable bonds is 33. The van der Waals surface area contributed by atoms with Gasteiger partial charge in [0.05, 0.1) is 51.1 Å². The molecule has 10 aromatic carbocycles. The third-order valence-corrected chi connectivity index (χ3v) is 28.9. The Hall–Kier alpha value is -12.5.